The van der Waals surface area contributed by atoms with E-state index in [1.54, 1.807) is 30.6 Å². The summed E-state index contributed by atoms with van der Waals surface area (Å²) in [4.78, 5) is 27.8. The average molecular weight is 371 g/mol. The summed E-state index contributed by atoms with van der Waals surface area (Å²) in [6, 6.07) is 17.5. The quantitative estimate of drug-likeness (QED) is 0.722. The van der Waals surface area contributed by atoms with Crippen molar-refractivity contribution in [2.75, 3.05) is 12.8 Å². The lowest BCUT2D eigenvalue weighted by Crippen LogP contribution is -2.46. The molecular weight excluding hydrogens is 344 g/mol. The zero-order valence-corrected chi connectivity index (χ0v) is 16.4. The maximum absolute atomic E-state index is 12.8. The van der Waals surface area contributed by atoms with Crippen molar-refractivity contribution >= 4 is 23.6 Å². The SMILES string of the molecule is CNC(=O)[C@H](C)N(Cc1ccccc1C)C(=O)CCSc1ccccc1. The van der Waals surface area contributed by atoms with E-state index in [0.717, 1.165) is 16.0 Å². The Morgan fingerprint density at radius 1 is 1.08 bits per heavy atom. The number of amides is 2. The first-order chi connectivity index (χ1) is 12.5. The molecule has 1 atom stereocenters. The number of hydrogen-bond donors (Lipinski definition) is 1. The molecule has 2 amide bonds. The van der Waals surface area contributed by atoms with Crippen LogP contribution in [0, 0.1) is 6.92 Å². The van der Waals surface area contributed by atoms with Gasteiger partial charge in [-0.3, -0.25) is 9.59 Å². The summed E-state index contributed by atoms with van der Waals surface area (Å²) in [7, 11) is 1.60. The smallest absolute Gasteiger partial charge is 0.242 e. The number of aryl methyl sites for hydroxylation is 1. The first-order valence-electron chi connectivity index (χ1n) is 8.76. The lowest BCUT2D eigenvalue weighted by Gasteiger charge is -2.29. The van der Waals surface area contributed by atoms with Crippen molar-refractivity contribution in [1.82, 2.24) is 10.2 Å². The summed E-state index contributed by atoms with van der Waals surface area (Å²) >= 11 is 1.65. The van der Waals surface area contributed by atoms with Gasteiger partial charge in [-0.15, -0.1) is 11.8 Å². The van der Waals surface area contributed by atoms with Gasteiger partial charge in [-0.25, -0.2) is 0 Å². The van der Waals surface area contributed by atoms with Crippen LogP contribution in [0.4, 0.5) is 0 Å². The lowest BCUT2D eigenvalue weighted by molar-refractivity contribution is -0.140. The third kappa shape index (κ3) is 5.63. The highest BCUT2D eigenvalue weighted by molar-refractivity contribution is 7.99. The fourth-order valence-corrected chi connectivity index (χ4v) is 3.54. The van der Waals surface area contributed by atoms with Gasteiger partial charge in [0, 0.05) is 30.7 Å². The first-order valence-corrected chi connectivity index (χ1v) is 9.75. The van der Waals surface area contributed by atoms with Crippen molar-refractivity contribution in [1.29, 1.82) is 0 Å². The van der Waals surface area contributed by atoms with Crippen molar-refractivity contribution in [3.63, 3.8) is 0 Å². The molecule has 0 aliphatic rings. The number of benzene rings is 2. The van der Waals surface area contributed by atoms with Gasteiger partial charge in [0.2, 0.25) is 11.8 Å². The molecule has 0 heterocycles. The van der Waals surface area contributed by atoms with E-state index in [1.807, 2.05) is 61.5 Å². The molecule has 0 unspecified atom stereocenters. The van der Waals surface area contributed by atoms with E-state index < -0.39 is 6.04 Å². The van der Waals surface area contributed by atoms with Crippen LogP contribution in [0.3, 0.4) is 0 Å². The number of carbonyl (C=O) groups is 2. The maximum atomic E-state index is 12.8. The highest BCUT2D eigenvalue weighted by atomic mass is 32.2. The summed E-state index contributed by atoms with van der Waals surface area (Å²) in [6.45, 7) is 4.24. The Hall–Kier alpha value is -2.27. The lowest BCUT2D eigenvalue weighted by atomic mass is 10.1. The molecule has 0 fully saturated rings. The second-order valence-electron chi connectivity index (χ2n) is 6.15. The van der Waals surface area contributed by atoms with Gasteiger partial charge in [-0.2, -0.15) is 0 Å². The second-order valence-corrected chi connectivity index (χ2v) is 7.32. The molecule has 0 spiro atoms. The Labute approximate surface area is 160 Å². The number of rotatable bonds is 8. The molecule has 1 N–H and O–H groups in total. The largest absolute Gasteiger partial charge is 0.357 e. The minimum Gasteiger partial charge on any atom is -0.357 e. The fourth-order valence-electron chi connectivity index (χ4n) is 2.68. The molecule has 26 heavy (non-hydrogen) atoms. The van der Waals surface area contributed by atoms with Gasteiger partial charge in [0.05, 0.1) is 0 Å². The van der Waals surface area contributed by atoms with Crippen LogP contribution in [0.15, 0.2) is 59.5 Å². The number of hydrogen-bond acceptors (Lipinski definition) is 3. The molecule has 0 aromatic heterocycles. The molecule has 138 valence electrons. The van der Waals surface area contributed by atoms with E-state index in [4.69, 9.17) is 0 Å². The topological polar surface area (TPSA) is 49.4 Å². The van der Waals surface area contributed by atoms with Gasteiger partial charge >= 0.3 is 0 Å². The number of likely N-dealkylation sites (N-methyl/N-ethyl adjacent to an activating group) is 1. The Morgan fingerprint density at radius 2 is 1.73 bits per heavy atom. The summed E-state index contributed by atoms with van der Waals surface area (Å²) in [5.41, 5.74) is 2.18. The van der Waals surface area contributed by atoms with Gasteiger partial charge in [-0.05, 0) is 37.1 Å². The molecule has 0 saturated heterocycles. The van der Waals surface area contributed by atoms with Crippen molar-refractivity contribution in [2.45, 2.75) is 37.8 Å². The minimum atomic E-state index is -0.506. The molecule has 0 radical (unpaired) electrons. The summed E-state index contributed by atoms with van der Waals surface area (Å²) in [5.74, 6) is 0.531. The Kier molecular flexibility index (Phi) is 7.73. The summed E-state index contributed by atoms with van der Waals surface area (Å²) in [5, 5.41) is 2.64. The van der Waals surface area contributed by atoms with Crippen molar-refractivity contribution < 1.29 is 9.59 Å². The third-order valence-corrected chi connectivity index (χ3v) is 5.36. The highest BCUT2D eigenvalue weighted by Gasteiger charge is 2.25. The van der Waals surface area contributed by atoms with Crippen LogP contribution in [-0.4, -0.2) is 35.6 Å². The normalized spacial score (nSPS) is 11.7. The number of thioether (sulfide) groups is 1. The Morgan fingerprint density at radius 3 is 2.38 bits per heavy atom. The van der Waals surface area contributed by atoms with Crippen LogP contribution >= 0.6 is 11.8 Å². The van der Waals surface area contributed by atoms with Crippen LogP contribution in [0.1, 0.15) is 24.5 Å². The summed E-state index contributed by atoms with van der Waals surface area (Å²) < 4.78 is 0. The van der Waals surface area contributed by atoms with Gasteiger partial charge in [-0.1, -0.05) is 42.5 Å². The standard InChI is InChI=1S/C21H26N2O2S/c1-16-9-7-8-10-18(16)15-23(17(2)21(25)22-3)20(24)13-14-26-19-11-5-4-6-12-19/h4-12,17H,13-15H2,1-3H3,(H,22,25)/t17-/m0/s1. The predicted molar refractivity (Wildman–Crippen MR) is 107 cm³/mol. The van der Waals surface area contributed by atoms with Crippen molar-refractivity contribution in [3.8, 4) is 0 Å². The van der Waals surface area contributed by atoms with Gasteiger partial charge in [0.25, 0.3) is 0 Å². The minimum absolute atomic E-state index is 0.00668. The van der Waals surface area contributed by atoms with E-state index >= 15 is 0 Å². The number of nitrogens with one attached hydrogen (secondary N) is 1. The fraction of sp³-hybridized carbons (Fsp3) is 0.333. The van der Waals surface area contributed by atoms with Crippen LogP contribution in [0.5, 0.6) is 0 Å². The second kappa shape index (κ2) is 10.0. The molecule has 2 aromatic carbocycles. The summed E-state index contributed by atoms with van der Waals surface area (Å²) in [6.07, 6.45) is 0.396. The molecule has 2 aromatic rings. The van der Waals surface area contributed by atoms with Crippen LogP contribution in [0.25, 0.3) is 0 Å². The van der Waals surface area contributed by atoms with E-state index in [0.29, 0.717) is 18.7 Å². The van der Waals surface area contributed by atoms with Crippen molar-refractivity contribution in [2.24, 2.45) is 0 Å². The molecule has 4 nitrogen and oxygen atoms in total. The average Bonchev–Trinajstić information content (AvgIpc) is 2.67. The van der Waals surface area contributed by atoms with Crippen LogP contribution in [0.2, 0.25) is 0 Å². The van der Waals surface area contributed by atoms with Gasteiger partial charge < -0.3 is 10.2 Å². The van der Waals surface area contributed by atoms with Crippen molar-refractivity contribution in [3.05, 3.63) is 65.7 Å². The molecule has 0 aliphatic heterocycles. The predicted octanol–water partition coefficient (Wildman–Crippen LogP) is 3.64. The number of carbonyl (C=O) groups excluding carboxylic acids is 2. The first kappa shape index (κ1) is 20.0. The zero-order chi connectivity index (χ0) is 18.9. The van der Waals surface area contributed by atoms with E-state index in [2.05, 4.69) is 5.32 Å². The Balaban J connectivity index is 2.05. The molecule has 0 saturated carbocycles. The molecule has 5 heteroatoms. The monoisotopic (exact) mass is 370 g/mol. The molecular formula is C21H26N2O2S. The third-order valence-electron chi connectivity index (χ3n) is 4.34. The van der Waals surface area contributed by atoms with Crippen LogP contribution < -0.4 is 5.32 Å². The molecule has 0 aliphatic carbocycles. The zero-order valence-electron chi connectivity index (χ0n) is 15.6. The van der Waals surface area contributed by atoms with E-state index in [-0.39, 0.29) is 11.8 Å². The number of nitrogens with zero attached hydrogens (tertiary/aromatic N) is 1. The van der Waals surface area contributed by atoms with E-state index in [9.17, 15) is 9.59 Å². The maximum Gasteiger partial charge on any atom is 0.242 e. The van der Waals surface area contributed by atoms with E-state index in [1.165, 1.54) is 0 Å². The molecule has 0 bridgehead atoms. The molecule has 2 rings (SSSR count). The van der Waals surface area contributed by atoms with Gasteiger partial charge in [0.1, 0.15) is 6.04 Å². The highest BCUT2D eigenvalue weighted by Crippen LogP contribution is 2.20. The Bertz CT molecular complexity index is 734. The van der Waals surface area contributed by atoms with Gasteiger partial charge in [0.15, 0.2) is 0 Å². The van der Waals surface area contributed by atoms with Crippen LogP contribution in [-0.2, 0) is 16.1 Å².